The van der Waals surface area contributed by atoms with Crippen molar-refractivity contribution < 1.29 is 27.4 Å². The fraction of sp³-hybridized carbons (Fsp3) is 0.833. The molecular weight excluding hydrogens is 321 g/mol. The van der Waals surface area contributed by atoms with Gasteiger partial charge in [0.1, 0.15) is 11.7 Å². The minimum Gasteiger partial charge on any atom is -0.430 e. The van der Waals surface area contributed by atoms with Crippen molar-refractivity contribution in [2.45, 2.75) is 51.5 Å². The van der Waals surface area contributed by atoms with Gasteiger partial charge in [0.15, 0.2) is 0 Å². The molecule has 3 nitrogen and oxygen atoms in total. The number of alkyl halides is 3. The van der Waals surface area contributed by atoms with Gasteiger partial charge >= 0.3 is 12.3 Å². The van der Waals surface area contributed by atoms with Gasteiger partial charge in [0.25, 0.3) is 0 Å². The maximum atomic E-state index is 13.7. The number of allylic oxidation sites excluding steroid dienone is 2. The number of hydrogen-bond acceptors (Lipinski definition) is 3. The molecule has 0 saturated heterocycles. The zero-order valence-corrected chi connectivity index (χ0v) is 14.0. The van der Waals surface area contributed by atoms with Crippen LogP contribution in [0, 0.1) is 41.4 Å². The molecule has 4 aliphatic carbocycles. The van der Waals surface area contributed by atoms with Gasteiger partial charge in [-0.15, -0.1) is 0 Å². The molecule has 0 amide bonds. The van der Waals surface area contributed by atoms with Crippen LogP contribution in [0.2, 0.25) is 0 Å². The number of fused-ring (bicyclic) bond motifs is 9. The summed E-state index contributed by atoms with van der Waals surface area (Å²) in [5.41, 5.74) is -0.778. The van der Waals surface area contributed by atoms with Crippen LogP contribution >= 0.6 is 0 Å². The summed E-state index contributed by atoms with van der Waals surface area (Å²) in [6.45, 7) is 5.02. The average molecular weight is 344 g/mol. The summed E-state index contributed by atoms with van der Waals surface area (Å²) < 4.78 is 51.5. The molecule has 0 aromatic carbocycles. The maximum Gasteiger partial charge on any atom is 0.509 e. The number of halogens is 3. The van der Waals surface area contributed by atoms with Gasteiger partial charge in [0.2, 0.25) is 0 Å². The number of rotatable bonds is 1. The van der Waals surface area contributed by atoms with E-state index in [1.807, 2.05) is 0 Å². The summed E-state index contributed by atoms with van der Waals surface area (Å²) >= 11 is 0. The second-order valence-electron chi connectivity index (χ2n) is 8.78. The van der Waals surface area contributed by atoms with Gasteiger partial charge in [-0.2, -0.15) is 13.2 Å². The first kappa shape index (κ1) is 16.3. The van der Waals surface area contributed by atoms with Crippen molar-refractivity contribution in [3.05, 3.63) is 12.2 Å². The Kier molecular flexibility index (Phi) is 3.33. The Hall–Kier alpha value is -1.20. The van der Waals surface area contributed by atoms with E-state index in [-0.39, 0.29) is 23.7 Å². The molecule has 8 atom stereocenters. The summed E-state index contributed by atoms with van der Waals surface area (Å²) in [7, 11) is 0. The van der Waals surface area contributed by atoms with E-state index in [0.717, 1.165) is 6.42 Å². The Morgan fingerprint density at radius 2 is 1.58 bits per heavy atom. The molecular formula is C18H23F3O3. The highest BCUT2D eigenvalue weighted by Crippen LogP contribution is 2.69. The van der Waals surface area contributed by atoms with Crippen LogP contribution in [-0.4, -0.2) is 24.0 Å². The van der Waals surface area contributed by atoms with Crippen LogP contribution in [0.4, 0.5) is 18.0 Å². The van der Waals surface area contributed by atoms with Crippen molar-refractivity contribution in [3.63, 3.8) is 0 Å². The molecule has 0 radical (unpaired) electrons. The average Bonchev–Trinajstić information content (AvgIpc) is 3.12. The van der Waals surface area contributed by atoms with Crippen molar-refractivity contribution in [2.75, 3.05) is 0 Å². The Bertz CT molecular complexity index is 577. The number of carbonyl (C=O) groups is 1. The lowest BCUT2D eigenvalue weighted by molar-refractivity contribution is -0.225. The second kappa shape index (κ2) is 4.92. The minimum atomic E-state index is -4.34. The predicted octanol–water partition coefficient (Wildman–Crippen LogP) is 4.57. The second-order valence-corrected chi connectivity index (χ2v) is 8.78. The maximum absolute atomic E-state index is 13.7. The molecule has 4 aliphatic rings. The Balaban J connectivity index is 1.59. The molecule has 0 spiro atoms. The third-order valence-electron chi connectivity index (χ3n) is 6.35. The summed E-state index contributed by atoms with van der Waals surface area (Å²) in [4.78, 5) is 12.0. The van der Waals surface area contributed by atoms with E-state index in [2.05, 4.69) is 12.2 Å². The molecule has 0 aromatic heterocycles. The summed E-state index contributed by atoms with van der Waals surface area (Å²) in [6.07, 6.45) is -0.692. The fourth-order valence-corrected chi connectivity index (χ4v) is 5.96. The van der Waals surface area contributed by atoms with Crippen LogP contribution in [0.1, 0.15) is 33.6 Å². The lowest BCUT2D eigenvalue weighted by Crippen LogP contribution is -2.48. The molecule has 0 aromatic rings. The van der Waals surface area contributed by atoms with Crippen molar-refractivity contribution in [1.82, 2.24) is 0 Å². The molecule has 134 valence electrons. The van der Waals surface area contributed by atoms with Crippen molar-refractivity contribution in [2.24, 2.45) is 41.4 Å². The zero-order chi connectivity index (χ0) is 17.4. The first-order chi connectivity index (χ1) is 11.1. The third-order valence-corrected chi connectivity index (χ3v) is 6.35. The van der Waals surface area contributed by atoms with E-state index < -0.39 is 35.9 Å². The quantitative estimate of drug-likeness (QED) is 0.397. The molecule has 24 heavy (non-hydrogen) atoms. The van der Waals surface area contributed by atoms with E-state index in [1.165, 1.54) is 0 Å². The monoisotopic (exact) mass is 344 g/mol. The third kappa shape index (κ3) is 2.36. The number of carbonyl (C=O) groups excluding carboxylic acids is 1. The van der Waals surface area contributed by atoms with E-state index in [9.17, 15) is 18.0 Å². The van der Waals surface area contributed by atoms with Gasteiger partial charge < -0.3 is 9.47 Å². The number of hydrogen-bond donors (Lipinski definition) is 0. The van der Waals surface area contributed by atoms with E-state index in [0.29, 0.717) is 12.3 Å². The van der Waals surface area contributed by atoms with Gasteiger partial charge in [-0.3, -0.25) is 0 Å². The van der Waals surface area contributed by atoms with Gasteiger partial charge in [0, 0.05) is 5.92 Å². The predicted molar refractivity (Wildman–Crippen MR) is 80.0 cm³/mol. The molecule has 3 saturated carbocycles. The van der Waals surface area contributed by atoms with Crippen LogP contribution in [-0.2, 0) is 9.47 Å². The molecule has 6 heteroatoms. The Labute approximate surface area is 139 Å². The SMILES string of the molecule is CC(C)(C)OC(=O)OC1C2CC(C3C4C=CC(C4)C23)C1C(F)(F)F. The summed E-state index contributed by atoms with van der Waals surface area (Å²) in [5, 5.41) is 0. The molecule has 3 fully saturated rings. The van der Waals surface area contributed by atoms with E-state index in [1.54, 1.807) is 20.8 Å². The standard InChI is InChI=1S/C18H23F3O3/c1-17(2,3)24-16(22)23-15-11-7-10(14(15)18(19,20)21)12-8-4-5-9(6-8)13(11)12/h4-5,8-15H,6-7H2,1-3H3. The smallest absolute Gasteiger partial charge is 0.430 e. The van der Waals surface area contributed by atoms with Gasteiger partial charge in [-0.25, -0.2) is 4.79 Å². The van der Waals surface area contributed by atoms with E-state index >= 15 is 0 Å². The topological polar surface area (TPSA) is 35.5 Å². The fourth-order valence-electron chi connectivity index (χ4n) is 5.96. The normalized spacial score (nSPS) is 45.6. The lowest BCUT2D eigenvalue weighted by Gasteiger charge is -2.41. The summed E-state index contributed by atoms with van der Waals surface area (Å²) in [5.74, 6) is -1.20. The molecule has 4 rings (SSSR count). The minimum absolute atomic E-state index is 0.107. The lowest BCUT2D eigenvalue weighted by atomic mass is 9.68. The molecule has 0 N–H and O–H groups in total. The van der Waals surface area contributed by atoms with Crippen LogP contribution in [0.25, 0.3) is 0 Å². The zero-order valence-electron chi connectivity index (χ0n) is 14.0. The highest BCUT2D eigenvalue weighted by Gasteiger charge is 2.71. The first-order valence-electron chi connectivity index (χ1n) is 8.71. The van der Waals surface area contributed by atoms with Crippen molar-refractivity contribution in [1.29, 1.82) is 0 Å². The van der Waals surface area contributed by atoms with Gasteiger partial charge in [-0.05, 0) is 63.2 Å². The largest absolute Gasteiger partial charge is 0.509 e. The van der Waals surface area contributed by atoms with Crippen LogP contribution in [0.3, 0.4) is 0 Å². The van der Waals surface area contributed by atoms with Crippen molar-refractivity contribution in [3.8, 4) is 0 Å². The molecule has 8 unspecified atom stereocenters. The van der Waals surface area contributed by atoms with Crippen LogP contribution < -0.4 is 0 Å². The van der Waals surface area contributed by atoms with Crippen LogP contribution in [0.5, 0.6) is 0 Å². The van der Waals surface area contributed by atoms with Crippen molar-refractivity contribution >= 4 is 6.16 Å². The highest BCUT2D eigenvalue weighted by atomic mass is 19.4. The first-order valence-corrected chi connectivity index (χ1v) is 8.71. The van der Waals surface area contributed by atoms with Gasteiger partial charge in [-0.1, -0.05) is 12.2 Å². The number of ether oxygens (including phenoxy) is 2. The molecule has 0 heterocycles. The van der Waals surface area contributed by atoms with E-state index in [4.69, 9.17) is 9.47 Å². The Morgan fingerprint density at radius 3 is 2.12 bits per heavy atom. The molecule has 0 aliphatic heterocycles. The Morgan fingerprint density at radius 1 is 1.00 bits per heavy atom. The summed E-state index contributed by atoms with van der Waals surface area (Å²) in [6, 6.07) is 0. The van der Waals surface area contributed by atoms with Crippen LogP contribution in [0.15, 0.2) is 12.2 Å². The highest BCUT2D eigenvalue weighted by molar-refractivity contribution is 5.61. The molecule has 4 bridgehead atoms. The van der Waals surface area contributed by atoms with Gasteiger partial charge in [0.05, 0.1) is 5.92 Å².